The van der Waals surface area contributed by atoms with E-state index in [4.69, 9.17) is 11.6 Å². The predicted octanol–water partition coefficient (Wildman–Crippen LogP) is 1.47. The molecule has 0 N–H and O–H groups in total. The highest BCUT2D eigenvalue weighted by atomic mass is 35.5. The van der Waals surface area contributed by atoms with Crippen LogP contribution in [-0.2, 0) is 13.6 Å². The van der Waals surface area contributed by atoms with E-state index in [-0.39, 0.29) is 10.6 Å². The zero-order valence-corrected chi connectivity index (χ0v) is 12.6. The molecule has 0 aliphatic carbocycles. The Labute approximate surface area is 122 Å². The van der Waals surface area contributed by atoms with Crippen molar-refractivity contribution in [1.82, 2.24) is 19.3 Å². The molecule has 0 unspecified atom stereocenters. The van der Waals surface area contributed by atoms with Gasteiger partial charge >= 0.3 is 0 Å². The average molecular weight is 296 g/mol. The lowest BCUT2D eigenvalue weighted by Crippen LogP contribution is -2.26. The molecule has 0 aliphatic heterocycles. The summed E-state index contributed by atoms with van der Waals surface area (Å²) in [5.74, 6) is 1.00. The minimum atomic E-state index is -0.276. The second-order valence-corrected chi connectivity index (χ2v) is 5.09. The van der Waals surface area contributed by atoms with Gasteiger partial charge in [0.2, 0.25) is 0 Å². The normalized spacial score (nSPS) is 10.8. The van der Waals surface area contributed by atoms with Gasteiger partial charge in [0.15, 0.2) is 0 Å². The highest BCUT2D eigenvalue weighted by Crippen LogP contribution is 2.19. The number of nitrogens with zero attached hydrogens (tertiary/aromatic N) is 5. The summed E-state index contributed by atoms with van der Waals surface area (Å²) in [5.41, 5.74) is 0.388. The molecule has 108 valence electrons. The van der Waals surface area contributed by atoms with Crippen LogP contribution in [-0.4, -0.2) is 32.9 Å². The highest BCUT2D eigenvalue weighted by molar-refractivity contribution is 6.33. The van der Waals surface area contributed by atoms with Crippen LogP contribution in [0.25, 0.3) is 0 Å². The number of hydrogen-bond donors (Lipinski definition) is 0. The average Bonchev–Trinajstić information content (AvgIpc) is 2.82. The molecule has 0 saturated heterocycles. The summed E-state index contributed by atoms with van der Waals surface area (Å²) in [6.07, 6.45) is 6.30. The molecule has 7 heteroatoms. The Morgan fingerprint density at radius 1 is 1.45 bits per heavy atom. The van der Waals surface area contributed by atoms with Crippen molar-refractivity contribution < 1.29 is 0 Å². The van der Waals surface area contributed by atoms with Crippen molar-refractivity contribution in [2.75, 3.05) is 18.5 Å². The molecule has 0 atom stereocenters. The van der Waals surface area contributed by atoms with Gasteiger partial charge in [0.25, 0.3) is 5.56 Å². The van der Waals surface area contributed by atoms with Gasteiger partial charge in [-0.1, -0.05) is 11.6 Å². The lowest BCUT2D eigenvalue weighted by Gasteiger charge is -2.20. The Balaban J connectivity index is 1.99. The summed E-state index contributed by atoms with van der Waals surface area (Å²) < 4.78 is 3.33. The first kappa shape index (κ1) is 14.6. The second kappa shape index (κ2) is 6.09. The van der Waals surface area contributed by atoms with E-state index >= 15 is 0 Å². The molecule has 20 heavy (non-hydrogen) atoms. The first-order valence-corrected chi connectivity index (χ1v) is 6.79. The summed E-state index contributed by atoms with van der Waals surface area (Å²) in [7, 11) is 3.49. The first-order chi connectivity index (χ1) is 9.50. The standard InChI is InChI=1S/C13H18ClN5O/c1-10-15-5-8-19(10)7-4-6-17(2)11-9-16-18(3)13(20)12(11)14/h5,8-9H,4,6-7H2,1-3H3. The van der Waals surface area contributed by atoms with Crippen LogP contribution in [0.3, 0.4) is 0 Å². The Morgan fingerprint density at radius 2 is 2.20 bits per heavy atom. The van der Waals surface area contributed by atoms with Crippen LogP contribution >= 0.6 is 11.6 Å². The van der Waals surface area contributed by atoms with Crippen LogP contribution in [0, 0.1) is 6.92 Å². The number of aryl methyl sites for hydroxylation is 3. The van der Waals surface area contributed by atoms with Crippen LogP contribution in [0.4, 0.5) is 5.69 Å². The molecular formula is C13H18ClN5O. The molecule has 2 heterocycles. The van der Waals surface area contributed by atoms with Gasteiger partial charge in [-0.3, -0.25) is 4.79 Å². The quantitative estimate of drug-likeness (QED) is 0.838. The van der Waals surface area contributed by atoms with Gasteiger partial charge in [-0.25, -0.2) is 9.67 Å². The van der Waals surface area contributed by atoms with Crippen LogP contribution in [0.1, 0.15) is 12.2 Å². The number of imidazole rings is 1. The van der Waals surface area contributed by atoms with E-state index in [9.17, 15) is 4.79 Å². The molecule has 6 nitrogen and oxygen atoms in total. The van der Waals surface area contributed by atoms with Gasteiger partial charge in [0.1, 0.15) is 10.8 Å². The van der Waals surface area contributed by atoms with Crippen molar-refractivity contribution >= 4 is 17.3 Å². The predicted molar refractivity (Wildman–Crippen MR) is 79.3 cm³/mol. The number of halogens is 1. The molecule has 0 aliphatic rings. The topological polar surface area (TPSA) is 56.0 Å². The maximum absolute atomic E-state index is 11.7. The van der Waals surface area contributed by atoms with Gasteiger partial charge in [-0.15, -0.1) is 0 Å². The van der Waals surface area contributed by atoms with Gasteiger partial charge in [0, 0.05) is 39.6 Å². The third-order valence-electron chi connectivity index (χ3n) is 3.29. The molecule has 0 amide bonds. The van der Waals surface area contributed by atoms with Crippen molar-refractivity contribution in [2.24, 2.45) is 7.05 Å². The van der Waals surface area contributed by atoms with Crippen LogP contribution in [0.5, 0.6) is 0 Å². The van der Waals surface area contributed by atoms with Crippen LogP contribution in [0.15, 0.2) is 23.4 Å². The smallest absolute Gasteiger partial charge is 0.287 e. The maximum Gasteiger partial charge on any atom is 0.287 e. The SMILES string of the molecule is Cc1nccn1CCCN(C)c1cnn(C)c(=O)c1Cl. The fraction of sp³-hybridized carbons (Fsp3) is 0.462. The Kier molecular flexibility index (Phi) is 4.44. The molecule has 2 aromatic heterocycles. The van der Waals surface area contributed by atoms with Gasteiger partial charge in [-0.2, -0.15) is 5.10 Å². The van der Waals surface area contributed by atoms with Crippen molar-refractivity contribution in [3.05, 3.63) is 39.8 Å². The van der Waals surface area contributed by atoms with E-state index < -0.39 is 0 Å². The lowest BCUT2D eigenvalue weighted by atomic mass is 10.3. The number of rotatable bonds is 5. The monoisotopic (exact) mass is 295 g/mol. The number of aromatic nitrogens is 4. The molecule has 0 spiro atoms. The minimum absolute atomic E-state index is 0.212. The Bertz CT molecular complexity index is 648. The fourth-order valence-electron chi connectivity index (χ4n) is 2.01. The van der Waals surface area contributed by atoms with E-state index in [1.807, 2.05) is 25.1 Å². The van der Waals surface area contributed by atoms with Gasteiger partial charge in [0.05, 0.1) is 11.9 Å². The molecule has 0 fully saturated rings. The summed E-state index contributed by atoms with van der Waals surface area (Å²) in [6.45, 7) is 3.64. The van der Waals surface area contributed by atoms with E-state index in [1.54, 1.807) is 19.4 Å². The zero-order valence-electron chi connectivity index (χ0n) is 11.9. The molecule has 0 bridgehead atoms. The molecule has 0 saturated carbocycles. The van der Waals surface area contributed by atoms with E-state index in [1.165, 1.54) is 4.68 Å². The van der Waals surface area contributed by atoms with Crippen molar-refractivity contribution in [2.45, 2.75) is 19.9 Å². The highest BCUT2D eigenvalue weighted by Gasteiger charge is 2.11. The maximum atomic E-state index is 11.7. The van der Waals surface area contributed by atoms with Gasteiger partial charge < -0.3 is 9.47 Å². The van der Waals surface area contributed by atoms with Crippen molar-refractivity contribution in [3.8, 4) is 0 Å². The first-order valence-electron chi connectivity index (χ1n) is 6.41. The minimum Gasteiger partial charge on any atom is -0.372 e. The van der Waals surface area contributed by atoms with Gasteiger partial charge in [-0.05, 0) is 13.3 Å². The zero-order chi connectivity index (χ0) is 14.7. The molecule has 0 radical (unpaired) electrons. The summed E-state index contributed by atoms with van der Waals surface area (Å²) in [5, 5.41) is 4.21. The summed E-state index contributed by atoms with van der Waals surface area (Å²) in [6, 6.07) is 0. The summed E-state index contributed by atoms with van der Waals surface area (Å²) in [4.78, 5) is 17.9. The number of anilines is 1. The molecule has 0 aromatic carbocycles. The third kappa shape index (κ3) is 3.01. The second-order valence-electron chi connectivity index (χ2n) is 4.72. The Morgan fingerprint density at radius 3 is 2.85 bits per heavy atom. The van der Waals surface area contributed by atoms with Crippen LogP contribution < -0.4 is 10.5 Å². The Hall–Kier alpha value is -1.82. The van der Waals surface area contributed by atoms with Crippen molar-refractivity contribution in [1.29, 1.82) is 0 Å². The molecule has 2 aromatic rings. The largest absolute Gasteiger partial charge is 0.372 e. The lowest BCUT2D eigenvalue weighted by molar-refractivity contribution is 0.620. The number of hydrogen-bond acceptors (Lipinski definition) is 4. The fourth-order valence-corrected chi connectivity index (χ4v) is 2.32. The molecular weight excluding hydrogens is 278 g/mol. The van der Waals surface area contributed by atoms with E-state index in [2.05, 4.69) is 14.6 Å². The van der Waals surface area contributed by atoms with Crippen molar-refractivity contribution in [3.63, 3.8) is 0 Å². The van der Waals surface area contributed by atoms with Crippen LogP contribution in [0.2, 0.25) is 5.02 Å². The third-order valence-corrected chi connectivity index (χ3v) is 3.64. The molecule has 2 rings (SSSR count). The van der Waals surface area contributed by atoms with E-state index in [0.29, 0.717) is 5.69 Å². The summed E-state index contributed by atoms with van der Waals surface area (Å²) >= 11 is 6.07. The van der Waals surface area contributed by atoms with E-state index in [0.717, 1.165) is 25.3 Å².